The van der Waals surface area contributed by atoms with Gasteiger partial charge in [0.05, 0.1) is 11.2 Å². The van der Waals surface area contributed by atoms with Gasteiger partial charge in [-0.25, -0.2) is 16.8 Å². The first-order chi connectivity index (χ1) is 15.4. The zero-order chi connectivity index (χ0) is 24.4. The molecule has 1 aliphatic rings. The van der Waals surface area contributed by atoms with Gasteiger partial charge >= 0.3 is 0 Å². The summed E-state index contributed by atoms with van der Waals surface area (Å²) in [5.41, 5.74) is 1.35. The number of aryl methyl sites for hydroxylation is 1. The molecule has 0 aliphatic carbocycles. The van der Waals surface area contributed by atoms with Gasteiger partial charge in [0.25, 0.3) is 0 Å². The average Bonchev–Trinajstić information content (AvgIpc) is 2.75. The Bertz CT molecular complexity index is 1210. The van der Waals surface area contributed by atoms with Crippen LogP contribution in [0, 0.1) is 6.92 Å². The number of anilines is 1. The van der Waals surface area contributed by atoms with Gasteiger partial charge in [-0.3, -0.25) is 4.79 Å². The highest BCUT2D eigenvalue weighted by atomic mass is 32.2. The van der Waals surface area contributed by atoms with Crippen molar-refractivity contribution >= 4 is 31.6 Å². The van der Waals surface area contributed by atoms with Crippen molar-refractivity contribution in [2.24, 2.45) is 0 Å². The minimum Gasteiger partial charge on any atom is -0.324 e. The fourth-order valence-corrected chi connectivity index (χ4v) is 5.96. The van der Waals surface area contributed by atoms with Gasteiger partial charge < -0.3 is 10.2 Å². The molecule has 1 heterocycles. The topological polar surface area (TPSA) is 107 Å². The summed E-state index contributed by atoms with van der Waals surface area (Å²) in [4.78, 5) is 15.4. The zero-order valence-electron chi connectivity index (χ0n) is 19.2. The molecule has 0 aromatic heterocycles. The maximum Gasteiger partial charge on any atom is 0.247 e. The Morgan fingerprint density at radius 3 is 2.18 bits per heavy atom. The molecule has 1 fully saturated rings. The number of piperazine rings is 1. The van der Waals surface area contributed by atoms with Crippen LogP contribution >= 0.6 is 0 Å². The molecule has 0 radical (unpaired) electrons. The van der Waals surface area contributed by atoms with Gasteiger partial charge in [-0.2, -0.15) is 8.61 Å². The van der Waals surface area contributed by atoms with Crippen LogP contribution in [0.3, 0.4) is 0 Å². The van der Waals surface area contributed by atoms with Gasteiger partial charge in [0, 0.05) is 38.9 Å². The van der Waals surface area contributed by atoms with Crippen LogP contribution in [0.15, 0.2) is 53.4 Å². The van der Waals surface area contributed by atoms with Crippen molar-refractivity contribution < 1.29 is 21.6 Å². The SMILES string of the molecule is Cc1ccc(NC(=O)[C@H](c2ccccc2)N(C)S(C)(=O)=O)cc1S(=O)(=O)N1CCN(C)CC1. The molecule has 11 heteroatoms. The maximum atomic E-state index is 13.3. The van der Waals surface area contributed by atoms with Gasteiger partial charge in [-0.05, 0) is 37.2 Å². The Hall–Kier alpha value is -2.31. The fourth-order valence-electron chi connectivity index (χ4n) is 3.69. The summed E-state index contributed by atoms with van der Waals surface area (Å²) >= 11 is 0. The predicted octanol–water partition coefficient (Wildman–Crippen LogP) is 1.50. The van der Waals surface area contributed by atoms with E-state index < -0.39 is 32.0 Å². The quantitative estimate of drug-likeness (QED) is 0.625. The number of nitrogens with one attached hydrogen (secondary N) is 1. The zero-order valence-corrected chi connectivity index (χ0v) is 20.9. The van der Waals surface area contributed by atoms with E-state index >= 15 is 0 Å². The van der Waals surface area contributed by atoms with Crippen molar-refractivity contribution in [3.8, 4) is 0 Å². The molecule has 1 aliphatic heterocycles. The molecule has 1 saturated heterocycles. The van der Waals surface area contributed by atoms with Crippen LogP contribution in [0.25, 0.3) is 0 Å². The number of carbonyl (C=O) groups is 1. The van der Waals surface area contributed by atoms with Crippen LogP contribution < -0.4 is 5.32 Å². The number of likely N-dealkylation sites (N-methyl/N-ethyl adjacent to an activating group) is 2. The average molecular weight is 495 g/mol. The monoisotopic (exact) mass is 494 g/mol. The Morgan fingerprint density at radius 2 is 1.61 bits per heavy atom. The van der Waals surface area contributed by atoms with E-state index in [-0.39, 0.29) is 10.6 Å². The highest BCUT2D eigenvalue weighted by molar-refractivity contribution is 7.89. The van der Waals surface area contributed by atoms with Gasteiger partial charge in [0.15, 0.2) is 0 Å². The van der Waals surface area contributed by atoms with Crippen LogP contribution in [0.1, 0.15) is 17.2 Å². The van der Waals surface area contributed by atoms with Gasteiger partial charge in [0.1, 0.15) is 6.04 Å². The van der Waals surface area contributed by atoms with E-state index in [1.807, 2.05) is 7.05 Å². The number of carbonyl (C=O) groups excluding carboxylic acids is 1. The summed E-state index contributed by atoms with van der Waals surface area (Å²) < 4.78 is 53.3. The number of amides is 1. The summed E-state index contributed by atoms with van der Waals surface area (Å²) in [6.07, 6.45) is 1.03. The Morgan fingerprint density at radius 1 is 1.00 bits per heavy atom. The van der Waals surface area contributed by atoms with Gasteiger partial charge in [-0.15, -0.1) is 0 Å². The standard InChI is InChI=1S/C22H30N4O5S2/c1-17-10-11-19(16-20(17)33(30,31)26-14-12-24(2)13-15-26)23-22(27)21(25(3)32(4,28)29)18-8-6-5-7-9-18/h5-11,16,21H,12-15H2,1-4H3,(H,23,27)/t21-/m0/s1. The van der Waals surface area contributed by atoms with Crippen LogP contribution in [-0.2, 0) is 24.8 Å². The number of hydrogen-bond acceptors (Lipinski definition) is 6. The molecule has 9 nitrogen and oxygen atoms in total. The highest BCUT2D eigenvalue weighted by Crippen LogP contribution is 2.27. The molecular formula is C22H30N4O5S2. The minimum atomic E-state index is -3.74. The van der Waals surface area contributed by atoms with Crippen molar-refractivity contribution in [3.05, 3.63) is 59.7 Å². The first-order valence-electron chi connectivity index (χ1n) is 10.5. The molecule has 2 aromatic rings. The maximum absolute atomic E-state index is 13.3. The number of hydrogen-bond donors (Lipinski definition) is 1. The first kappa shape index (κ1) is 25.3. The molecule has 1 amide bonds. The van der Waals surface area contributed by atoms with E-state index in [1.165, 1.54) is 17.4 Å². The molecule has 1 atom stereocenters. The molecule has 0 unspecified atom stereocenters. The molecular weight excluding hydrogens is 464 g/mol. The smallest absolute Gasteiger partial charge is 0.247 e. The van der Waals surface area contributed by atoms with Crippen molar-refractivity contribution in [3.63, 3.8) is 0 Å². The molecule has 33 heavy (non-hydrogen) atoms. The van der Waals surface area contributed by atoms with Gasteiger partial charge in [-0.1, -0.05) is 36.4 Å². The largest absolute Gasteiger partial charge is 0.324 e. The van der Waals surface area contributed by atoms with Crippen molar-refractivity contribution in [2.45, 2.75) is 17.9 Å². The van der Waals surface area contributed by atoms with Crippen molar-refractivity contribution in [1.29, 1.82) is 0 Å². The second-order valence-corrected chi connectivity index (χ2v) is 12.2. The highest BCUT2D eigenvalue weighted by Gasteiger charge is 2.32. The van der Waals surface area contributed by atoms with Crippen LogP contribution in [0.2, 0.25) is 0 Å². The molecule has 180 valence electrons. The lowest BCUT2D eigenvalue weighted by Crippen LogP contribution is -2.47. The molecule has 0 spiro atoms. The number of benzene rings is 2. The lowest BCUT2D eigenvalue weighted by molar-refractivity contribution is -0.119. The third kappa shape index (κ3) is 5.79. The normalized spacial score (nSPS) is 17.1. The summed E-state index contributed by atoms with van der Waals surface area (Å²) in [7, 11) is -4.13. The molecule has 3 rings (SSSR count). The number of sulfonamides is 2. The van der Waals surface area contributed by atoms with E-state index in [2.05, 4.69) is 10.2 Å². The van der Waals surface area contributed by atoms with E-state index in [9.17, 15) is 21.6 Å². The van der Waals surface area contributed by atoms with E-state index in [0.717, 1.165) is 10.6 Å². The molecule has 1 N–H and O–H groups in total. The fraction of sp³-hybridized carbons (Fsp3) is 0.409. The van der Waals surface area contributed by atoms with Crippen molar-refractivity contribution in [2.75, 3.05) is 51.8 Å². The Labute approximate surface area is 196 Å². The van der Waals surface area contributed by atoms with E-state index in [4.69, 9.17) is 0 Å². The molecule has 0 saturated carbocycles. The molecule has 0 bridgehead atoms. The lowest BCUT2D eigenvalue weighted by atomic mass is 10.1. The second-order valence-electron chi connectivity index (χ2n) is 8.27. The summed E-state index contributed by atoms with van der Waals surface area (Å²) in [5.74, 6) is -0.582. The Kier molecular flexibility index (Phi) is 7.59. The third-order valence-corrected chi connectivity index (χ3v) is 9.08. The summed E-state index contributed by atoms with van der Waals surface area (Å²) in [6.45, 7) is 3.78. The summed E-state index contributed by atoms with van der Waals surface area (Å²) in [6, 6.07) is 12.1. The van der Waals surface area contributed by atoms with Crippen LogP contribution in [-0.4, -0.2) is 82.8 Å². The molecule has 2 aromatic carbocycles. The van der Waals surface area contributed by atoms with Crippen LogP contribution in [0.4, 0.5) is 5.69 Å². The lowest BCUT2D eigenvalue weighted by Gasteiger charge is -2.32. The van der Waals surface area contributed by atoms with Crippen molar-refractivity contribution in [1.82, 2.24) is 13.5 Å². The number of nitrogens with zero attached hydrogens (tertiary/aromatic N) is 3. The summed E-state index contributed by atoms with van der Waals surface area (Å²) in [5, 5.41) is 2.71. The Balaban J connectivity index is 1.91. The second kappa shape index (κ2) is 9.90. The van der Waals surface area contributed by atoms with E-state index in [1.54, 1.807) is 49.4 Å². The number of rotatable bonds is 7. The van der Waals surface area contributed by atoms with Crippen LogP contribution in [0.5, 0.6) is 0 Å². The third-order valence-electron chi connectivity index (χ3n) is 5.79. The minimum absolute atomic E-state index is 0.123. The van der Waals surface area contributed by atoms with Gasteiger partial charge in [0.2, 0.25) is 26.0 Å². The predicted molar refractivity (Wildman–Crippen MR) is 128 cm³/mol. The first-order valence-corrected chi connectivity index (χ1v) is 13.8. The van der Waals surface area contributed by atoms with E-state index in [0.29, 0.717) is 37.3 Å².